The van der Waals surface area contributed by atoms with E-state index >= 15 is 0 Å². The van der Waals surface area contributed by atoms with Gasteiger partial charge in [0.15, 0.2) is 0 Å². The Kier molecular flexibility index (Phi) is 5.22. The van der Waals surface area contributed by atoms with Gasteiger partial charge in [-0.3, -0.25) is 19.7 Å². The van der Waals surface area contributed by atoms with Crippen LogP contribution in [0.5, 0.6) is 0 Å². The van der Waals surface area contributed by atoms with Crippen LogP contribution in [0.25, 0.3) is 0 Å². The van der Waals surface area contributed by atoms with Gasteiger partial charge in [0.05, 0.1) is 22.3 Å². The van der Waals surface area contributed by atoms with Crippen LogP contribution in [0.2, 0.25) is 0 Å². The molecular weight excluding hydrogens is 356 g/mol. The molecule has 26 heavy (non-hydrogen) atoms. The van der Waals surface area contributed by atoms with Crippen LogP contribution in [0.1, 0.15) is 25.0 Å². The quantitative estimate of drug-likeness (QED) is 0.488. The highest BCUT2D eigenvalue weighted by Crippen LogP contribution is 2.37. The lowest BCUT2D eigenvalue weighted by molar-refractivity contribution is -0.385. The minimum atomic E-state index is -0.647. The van der Waals surface area contributed by atoms with Gasteiger partial charge in [0.2, 0.25) is 5.91 Å². The molecule has 2 aromatic carbocycles. The highest BCUT2D eigenvalue weighted by atomic mass is 32.2. The fraction of sp³-hybridized carbons (Fsp3) is 0.222. The van der Waals surface area contributed by atoms with E-state index in [4.69, 9.17) is 4.74 Å². The van der Waals surface area contributed by atoms with Crippen molar-refractivity contribution in [3.8, 4) is 0 Å². The Morgan fingerprint density at radius 1 is 1.31 bits per heavy atom. The van der Waals surface area contributed by atoms with Gasteiger partial charge in [0.25, 0.3) is 5.69 Å². The monoisotopic (exact) mass is 372 g/mol. The van der Waals surface area contributed by atoms with Crippen molar-refractivity contribution in [1.29, 1.82) is 0 Å². The van der Waals surface area contributed by atoms with Crippen molar-refractivity contribution < 1.29 is 19.2 Å². The summed E-state index contributed by atoms with van der Waals surface area (Å²) < 4.78 is 5.36. The average molecular weight is 372 g/mol. The maximum atomic E-state index is 12.2. The number of rotatable bonds is 5. The van der Waals surface area contributed by atoms with Gasteiger partial charge >= 0.3 is 5.97 Å². The number of esters is 1. The third-order valence-corrected chi connectivity index (χ3v) is 5.19. The van der Waals surface area contributed by atoms with E-state index in [0.717, 1.165) is 10.6 Å². The normalized spacial score (nSPS) is 17.0. The first kappa shape index (κ1) is 17.9. The minimum absolute atomic E-state index is 0.0655. The first-order valence-corrected chi connectivity index (χ1v) is 8.82. The molecule has 0 saturated carbocycles. The zero-order valence-electron chi connectivity index (χ0n) is 13.9. The summed E-state index contributed by atoms with van der Waals surface area (Å²) in [4.78, 5) is 35.6. The first-order chi connectivity index (χ1) is 12.4. The van der Waals surface area contributed by atoms with E-state index in [1.807, 2.05) is 18.2 Å². The number of nitrogens with zero attached hydrogens (tertiary/aromatic N) is 1. The molecule has 0 aliphatic carbocycles. The molecule has 2 atom stereocenters. The fourth-order valence-electron chi connectivity index (χ4n) is 2.58. The number of nitrogens with one attached hydrogen (secondary N) is 1. The number of benzene rings is 2. The molecule has 1 heterocycles. The molecule has 2 aromatic rings. The van der Waals surface area contributed by atoms with Crippen molar-refractivity contribution in [3.63, 3.8) is 0 Å². The molecule has 0 bridgehead atoms. The van der Waals surface area contributed by atoms with Gasteiger partial charge in [0, 0.05) is 17.0 Å². The maximum Gasteiger partial charge on any atom is 0.308 e. The van der Waals surface area contributed by atoms with Crippen molar-refractivity contribution in [2.75, 3.05) is 5.32 Å². The van der Waals surface area contributed by atoms with Gasteiger partial charge in [-0.05, 0) is 24.6 Å². The minimum Gasteiger partial charge on any atom is -0.458 e. The summed E-state index contributed by atoms with van der Waals surface area (Å²) in [5.41, 5.74) is 1.19. The van der Waals surface area contributed by atoms with Gasteiger partial charge in [-0.25, -0.2) is 0 Å². The zero-order chi connectivity index (χ0) is 18.7. The molecule has 0 saturated heterocycles. The topological polar surface area (TPSA) is 98.5 Å². The Labute approximate surface area is 153 Å². The van der Waals surface area contributed by atoms with Gasteiger partial charge in [-0.2, -0.15) is 0 Å². The lowest BCUT2D eigenvalue weighted by atomic mass is 10.1. The molecule has 1 amide bonds. The number of thioether (sulfide) groups is 1. The predicted molar refractivity (Wildman–Crippen MR) is 96.9 cm³/mol. The van der Waals surface area contributed by atoms with E-state index in [9.17, 15) is 19.7 Å². The van der Waals surface area contributed by atoms with Crippen molar-refractivity contribution >= 4 is 35.0 Å². The molecule has 134 valence electrons. The van der Waals surface area contributed by atoms with E-state index in [2.05, 4.69) is 5.32 Å². The SMILES string of the molecule is C[C@@H](OC(=O)C[C@@H]1Sc2ccccc2NC1=O)c1cccc([N+](=O)[O-])c1. The van der Waals surface area contributed by atoms with Crippen LogP contribution in [0.15, 0.2) is 53.4 Å². The number of carbonyl (C=O) groups excluding carboxylic acids is 2. The summed E-state index contributed by atoms with van der Waals surface area (Å²) in [5, 5.41) is 13.1. The Bertz CT molecular complexity index is 870. The number of anilines is 1. The summed E-state index contributed by atoms with van der Waals surface area (Å²) >= 11 is 1.32. The van der Waals surface area contributed by atoms with Crippen LogP contribution in [0.4, 0.5) is 11.4 Å². The number of non-ortho nitro benzene ring substituents is 1. The van der Waals surface area contributed by atoms with Gasteiger partial charge in [-0.15, -0.1) is 11.8 Å². The van der Waals surface area contributed by atoms with E-state index in [1.165, 1.54) is 23.9 Å². The Morgan fingerprint density at radius 3 is 2.85 bits per heavy atom. The lowest BCUT2D eigenvalue weighted by Gasteiger charge is -2.24. The van der Waals surface area contributed by atoms with Crippen molar-refractivity contribution in [2.24, 2.45) is 0 Å². The number of nitro benzene ring substituents is 1. The molecule has 0 spiro atoms. The predicted octanol–water partition coefficient (Wildman–Crippen LogP) is 3.70. The van der Waals surface area contributed by atoms with Crippen LogP contribution >= 0.6 is 11.8 Å². The summed E-state index contributed by atoms with van der Waals surface area (Å²) in [6.45, 7) is 1.64. The van der Waals surface area contributed by atoms with Crippen LogP contribution in [0, 0.1) is 10.1 Å². The summed E-state index contributed by atoms with van der Waals surface area (Å²) in [6.07, 6.45) is -0.726. The second-order valence-corrected chi connectivity index (χ2v) is 7.02. The van der Waals surface area contributed by atoms with Crippen LogP contribution in [0.3, 0.4) is 0 Å². The molecule has 7 nitrogen and oxygen atoms in total. The van der Waals surface area contributed by atoms with E-state index in [-0.39, 0.29) is 18.0 Å². The summed E-state index contributed by atoms with van der Waals surface area (Å²) in [5.74, 6) is -0.773. The van der Waals surface area contributed by atoms with E-state index < -0.39 is 22.2 Å². The Morgan fingerprint density at radius 2 is 2.08 bits per heavy atom. The van der Waals surface area contributed by atoms with Gasteiger partial charge in [-0.1, -0.05) is 24.3 Å². The molecule has 0 aromatic heterocycles. The molecule has 1 aliphatic heterocycles. The molecular formula is C18H16N2O5S. The number of amides is 1. The number of ether oxygens (including phenoxy) is 1. The number of nitro groups is 1. The molecule has 3 rings (SSSR count). The maximum absolute atomic E-state index is 12.2. The highest BCUT2D eigenvalue weighted by molar-refractivity contribution is 8.01. The third kappa shape index (κ3) is 4.02. The Hall–Kier alpha value is -2.87. The Balaban J connectivity index is 1.63. The second-order valence-electron chi connectivity index (χ2n) is 5.78. The summed E-state index contributed by atoms with van der Waals surface area (Å²) in [7, 11) is 0. The molecule has 1 aliphatic rings. The van der Waals surface area contributed by atoms with Crippen molar-refractivity contribution in [2.45, 2.75) is 29.6 Å². The van der Waals surface area contributed by atoms with Crippen LogP contribution in [-0.2, 0) is 14.3 Å². The van der Waals surface area contributed by atoms with Gasteiger partial charge in [0.1, 0.15) is 6.10 Å². The van der Waals surface area contributed by atoms with E-state index in [0.29, 0.717) is 5.56 Å². The van der Waals surface area contributed by atoms with Crippen LogP contribution < -0.4 is 5.32 Å². The molecule has 0 unspecified atom stereocenters. The number of carbonyl (C=O) groups is 2. The molecule has 0 radical (unpaired) electrons. The highest BCUT2D eigenvalue weighted by Gasteiger charge is 2.30. The smallest absolute Gasteiger partial charge is 0.308 e. The molecule has 1 N–H and O–H groups in total. The standard InChI is InChI=1S/C18H16N2O5S/c1-11(12-5-4-6-13(9-12)20(23)24)25-17(21)10-16-18(22)19-14-7-2-3-8-15(14)26-16/h2-9,11,16H,10H2,1H3,(H,19,22)/t11-,16+/m1/s1. The van der Waals surface area contributed by atoms with Crippen LogP contribution in [-0.4, -0.2) is 22.0 Å². The summed E-state index contributed by atoms with van der Waals surface area (Å²) in [6, 6.07) is 13.3. The van der Waals surface area contributed by atoms with Gasteiger partial charge < -0.3 is 10.1 Å². The number of hydrogen-bond acceptors (Lipinski definition) is 6. The molecule has 0 fully saturated rings. The van der Waals surface area contributed by atoms with Crippen molar-refractivity contribution in [1.82, 2.24) is 0 Å². The zero-order valence-corrected chi connectivity index (χ0v) is 14.7. The second kappa shape index (κ2) is 7.57. The lowest BCUT2D eigenvalue weighted by Crippen LogP contribution is -2.31. The number of fused-ring (bicyclic) bond motifs is 1. The average Bonchev–Trinajstić information content (AvgIpc) is 2.62. The first-order valence-electron chi connectivity index (χ1n) is 7.94. The number of hydrogen-bond donors (Lipinski definition) is 1. The fourth-order valence-corrected chi connectivity index (χ4v) is 3.68. The van der Waals surface area contributed by atoms with E-state index in [1.54, 1.807) is 25.1 Å². The number of para-hydroxylation sites is 1. The largest absolute Gasteiger partial charge is 0.458 e. The third-order valence-electron chi connectivity index (χ3n) is 3.92. The van der Waals surface area contributed by atoms with Crippen molar-refractivity contribution in [3.05, 3.63) is 64.2 Å². The molecule has 8 heteroatoms.